The molecule has 0 atom stereocenters. The van der Waals surface area contributed by atoms with Crippen LogP contribution < -0.4 is 0 Å². The van der Waals surface area contributed by atoms with Gasteiger partial charge in [-0.3, -0.25) is 0 Å². The van der Waals surface area contributed by atoms with Gasteiger partial charge in [-0.1, -0.05) is 190 Å². The van der Waals surface area contributed by atoms with Gasteiger partial charge in [-0.25, -0.2) is 9.97 Å². The Hall–Kier alpha value is -7.16. The van der Waals surface area contributed by atoms with Gasteiger partial charge in [0, 0.05) is 22.1 Å². The molecule has 2 heteroatoms. The van der Waals surface area contributed by atoms with Gasteiger partial charge >= 0.3 is 0 Å². The molecular formula is C55H38N2. The lowest BCUT2D eigenvalue weighted by Crippen LogP contribution is -2.14. The Morgan fingerprint density at radius 2 is 0.912 bits per heavy atom. The van der Waals surface area contributed by atoms with E-state index in [0.717, 1.165) is 33.6 Å². The van der Waals surface area contributed by atoms with Crippen LogP contribution in [0.25, 0.3) is 99.6 Å². The zero-order chi connectivity index (χ0) is 38.1. The molecule has 1 heterocycles. The first kappa shape index (κ1) is 33.2. The minimum absolute atomic E-state index is 0.0486. The van der Waals surface area contributed by atoms with Crippen molar-refractivity contribution in [3.63, 3.8) is 0 Å². The monoisotopic (exact) mass is 726 g/mol. The maximum Gasteiger partial charge on any atom is 0.160 e. The third kappa shape index (κ3) is 5.48. The molecule has 0 amide bonds. The van der Waals surface area contributed by atoms with Crippen LogP contribution in [0.1, 0.15) is 25.0 Å². The highest BCUT2D eigenvalue weighted by Gasteiger charge is 2.35. The van der Waals surface area contributed by atoms with E-state index in [2.05, 4.69) is 208 Å². The van der Waals surface area contributed by atoms with E-state index in [1.54, 1.807) is 0 Å². The first-order valence-corrected chi connectivity index (χ1v) is 19.7. The predicted molar refractivity (Wildman–Crippen MR) is 239 cm³/mol. The summed E-state index contributed by atoms with van der Waals surface area (Å²) in [5.41, 5.74) is 15.1. The highest BCUT2D eigenvalue weighted by Crippen LogP contribution is 2.49. The molecule has 2 nitrogen and oxygen atoms in total. The Morgan fingerprint density at radius 1 is 0.333 bits per heavy atom. The van der Waals surface area contributed by atoms with E-state index >= 15 is 0 Å². The summed E-state index contributed by atoms with van der Waals surface area (Å²) in [5.74, 6) is 0.702. The minimum Gasteiger partial charge on any atom is -0.228 e. The van der Waals surface area contributed by atoms with Crippen LogP contribution in [-0.2, 0) is 5.41 Å². The van der Waals surface area contributed by atoms with E-state index in [4.69, 9.17) is 9.97 Å². The summed E-state index contributed by atoms with van der Waals surface area (Å²) < 4.78 is 0. The Labute approximate surface area is 332 Å². The topological polar surface area (TPSA) is 25.8 Å². The van der Waals surface area contributed by atoms with Crippen molar-refractivity contribution in [1.82, 2.24) is 9.97 Å². The lowest BCUT2D eigenvalue weighted by atomic mass is 9.81. The first-order valence-electron chi connectivity index (χ1n) is 19.7. The zero-order valence-electron chi connectivity index (χ0n) is 31.9. The van der Waals surface area contributed by atoms with E-state index in [1.165, 1.54) is 71.3 Å². The van der Waals surface area contributed by atoms with Gasteiger partial charge in [-0.2, -0.15) is 0 Å². The number of fused-ring (bicyclic) bond motifs is 7. The fraction of sp³-hybridized carbons (Fsp3) is 0.0545. The Bertz CT molecular complexity index is 3180. The minimum atomic E-state index is -0.0486. The highest BCUT2D eigenvalue weighted by molar-refractivity contribution is 6.19. The molecule has 1 aromatic heterocycles. The number of nitrogens with zero attached hydrogens (tertiary/aromatic N) is 2. The summed E-state index contributed by atoms with van der Waals surface area (Å²) in [5, 5.41) is 7.23. The predicted octanol–water partition coefficient (Wildman–Crippen LogP) is 14.6. The molecule has 9 aromatic carbocycles. The van der Waals surface area contributed by atoms with E-state index < -0.39 is 0 Å². The second kappa shape index (κ2) is 13.0. The van der Waals surface area contributed by atoms with Crippen LogP contribution in [0.2, 0.25) is 0 Å². The number of rotatable bonds is 5. The van der Waals surface area contributed by atoms with Crippen molar-refractivity contribution >= 4 is 32.3 Å². The number of benzene rings is 9. The molecule has 0 saturated heterocycles. The van der Waals surface area contributed by atoms with Gasteiger partial charge in [0.25, 0.3) is 0 Å². The van der Waals surface area contributed by atoms with Gasteiger partial charge in [0.2, 0.25) is 0 Å². The molecule has 57 heavy (non-hydrogen) atoms. The first-order chi connectivity index (χ1) is 28.0. The maximum atomic E-state index is 5.40. The molecule has 10 aromatic rings. The van der Waals surface area contributed by atoms with Crippen molar-refractivity contribution in [2.75, 3.05) is 0 Å². The summed E-state index contributed by atoms with van der Waals surface area (Å²) in [6, 6.07) is 70.2. The second-order valence-electron chi connectivity index (χ2n) is 15.8. The second-order valence-corrected chi connectivity index (χ2v) is 15.8. The quantitative estimate of drug-likeness (QED) is 0.130. The van der Waals surface area contributed by atoms with Crippen LogP contribution in [0.3, 0.4) is 0 Å². The largest absolute Gasteiger partial charge is 0.228 e. The summed E-state index contributed by atoms with van der Waals surface area (Å²) in [7, 11) is 0. The van der Waals surface area contributed by atoms with Crippen molar-refractivity contribution < 1.29 is 0 Å². The van der Waals surface area contributed by atoms with Gasteiger partial charge in [-0.15, -0.1) is 0 Å². The van der Waals surface area contributed by atoms with E-state index in [1.807, 2.05) is 0 Å². The van der Waals surface area contributed by atoms with Gasteiger partial charge in [0.1, 0.15) is 0 Å². The molecule has 0 radical (unpaired) electrons. The zero-order valence-corrected chi connectivity index (χ0v) is 31.9. The SMILES string of the molecule is CC1(C)c2ccccc2-c2ccc(-c3ccc(-c4cc(-c5c6ccccc6cc6c5ccc5ccccc56)nc(-c5ccc(-c6ccccc6)cc5)n4)cc3)cc21. The van der Waals surface area contributed by atoms with Crippen LogP contribution >= 0.6 is 0 Å². The van der Waals surface area contributed by atoms with Gasteiger partial charge < -0.3 is 0 Å². The molecule has 11 rings (SSSR count). The molecule has 0 N–H and O–H groups in total. The molecule has 1 aliphatic carbocycles. The van der Waals surface area contributed by atoms with Crippen molar-refractivity contribution in [2.24, 2.45) is 0 Å². The van der Waals surface area contributed by atoms with Crippen LogP contribution in [0.4, 0.5) is 0 Å². The Balaban J connectivity index is 1.07. The Kier molecular flexibility index (Phi) is 7.55. The van der Waals surface area contributed by atoms with Gasteiger partial charge in [-0.05, 0) is 95.0 Å². The fourth-order valence-electron chi connectivity index (χ4n) is 9.11. The van der Waals surface area contributed by atoms with Crippen LogP contribution in [0.5, 0.6) is 0 Å². The normalized spacial score (nSPS) is 12.9. The highest BCUT2D eigenvalue weighted by atomic mass is 14.9. The molecular weight excluding hydrogens is 689 g/mol. The molecule has 268 valence electrons. The van der Waals surface area contributed by atoms with Crippen molar-refractivity contribution in [2.45, 2.75) is 19.3 Å². The average molecular weight is 727 g/mol. The number of aromatic nitrogens is 2. The molecule has 0 bridgehead atoms. The van der Waals surface area contributed by atoms with E-state index in [9.17, 15) is 0 Å². The summed E-state index contributed by atoms with van der Waals surface area (Å²) in [6.45, 7) is 4.68. The van der Waals surface area contributed by atoms with Crippen molar-refractivity contribution in [3.05, 3.63) is 205 Å². The van der Waals surface area contributed by atoms with E-state index in [-0.39, 0.29) is 5.41 Å². The lowest BCUT2D eigenvalue weighted by Gasteiger charge is -2.22. The fourth-order valence-corrected chi connectivity index (χ4v) is 9.11. The van der Waals surface area contributed by atoms with E-state index in [0.29, 0.717) is 5.82 Å². The van der Waals surface area contributed by atoms with Crippen molar-refractivity contribution in [1.29, 1.82) is 0 Å². The molecule has 0 saturated carbocycles. The molecule has 0 aliphatic heterocycles. The summed E-state index contributed by atoms with van der Waals surface area (Å²) in [6.07, 6.45) is 0. The van der Waals surface area contributed by atoms with Gasteiger partial charge in [0.05, 0.1) is 11.4 Å². The molecule has 0 spiro atoms. The van der Waals surface area contributed by atoms with Gasteiger partial charge in [0.15, 0.2) is 5.82 Å². The summed E-state index contributed by atoms with van der Waals surface area (Å²) in [4.78, 5) is 10.7. The Morgan fingerprint density at radius 3 is 1.72 bits per heavy atom. The van der Waals surface area contributed by atoms with Crippen LogP contribution in [0.15, 0.2) is 194 Å². The third-order valence-electron chi connectivity index (χ3n) is 12.1. The third-order valence-corrected chi connectivity index (χ3v) is 12.1. The van der Waals surface area contributed by atoms with Crippen molar-refractivity contribution in [3.8, 4) is 67.3 Å². The summed E-state index contributed by atoms with van der Waals surface area (Å²) >= 11 is 0. The number of hydrogen-bond donors (Lipinski definition) is 0. The lowest BCUT2D eigenvalue weighted by molar-refractivity contribution is 0.660. The molecule has 0 unspecified atom stereocenters. The maximum absolute atomic E-state index is 5.40. The standard InChI is InChI=1S/C55H38N2/c1-55(2)49-19-11-10-18-45(49)46-30-29-41(33-50(46)55)37-20-24-39(25-21-37)51-34-52(57-54(56-51)40-26-22-36(23-27-40)35-12-4-3-5-13-35)53-44-17-9-7-15-42(44)32-48-43-16-8-6-14-38(43)28-31-47(48)53/h3-34H,1-2H3. The number of hydrogen-bond acceptors (Lipinski definition) is 2. The average Bonchev–Trinajstić information content (AvgIpc) is 3.51. The van der Waals surface area contributed by atoms with Crippen LogP contribution in [-0.4, -0.2) is 9.97 Å². The molecule has 1 aliphatic rings. The van der Waals surface area contributed by atoms with Crippen LogP contribution in [0, 0.1) is 0 Å². The molecule has 0 fully saturated rings. The smallest absolute Gasteiger partial charge is 0.160 e.